The van der Waals surface area contributed by atoms with Crippen LogP contribution in [0.2, 0.25) is 0 Å². The molecule has 0 atom stereocenters. The van der Waals surface area contributed by atoms with Crippen molar-refractivity contribution in [1.29, 1.82) is 0 Å². The van der Waals surface area contributed by atoms with Gasteiger partial charge in [0.2, 0.25) is 0 Å². The van der Waals surface area contributed by atoms with E-state index in [1.807, 2.05) is 6.92 Å². The minimum absolute atomic E-state index is 0.151. The quantitative estimate of drug-likeness (QED) is 0.504. The highest BCUT2D eigenvalue weighted by Gasteiger charge is 2.12. The second-order valence-corrected chi connectivity index (χ2v) is 4.02. The molecule has 1 amide bonds. The van der Waals surface area contributed by atoms with Crippen molar-refractivity contribution in [3.8, 4) is 5.75 Å². The molecule has 0 aliphatic carbocycles. The summed E-state index contributed by atoms with van der Waals surface area (Å²) in [4.78, 5) is 13.1. The van der Waals surface area contributed by atoms with E-state index in [1.165, 1.54) is 30.0 Å². The number of hydrogen-bond donors (Lipinski definition) is 1. The number of ether oxygens (including phenoxy) is 1. The van der Waals surface area contributed by atoms with Crippen LogP contribution in [0, 0.1) is 5.82 Å². The molecule has 0 spiro atoms. The summed E-state index contributed by atoms with van der Waals surface area (Å²) in [5.74, 6) is -0.353. The van der Waals surface area contributed by atoms with Crippen LogP contribution in [-0.2, 0) is 4.79 Å². The first-order valence-corrected chi connectivity index (χ1v) is 5.85. The number of oxime groups is 1. The van der Waals surface area contributed by atoms with Crippen LogP contribution in [0.3, 0.4) is 0 Å². The van der Waals surface area contributed by atoms with E-state index in [-0.39, 0.29) is 18.2 Å². The molecule has 0 aliphatic rings. The first-order chi connectivity index (χ1) is 8.99. The van der Waals surface area contributed by atoms with Gasteiger partial charge in [0.1, 0.15) is 11.6 Å². The molecule has 0 aliphatic heterocycles. The normalized spacial score (nSPS) is 11.3. The predicted molar refractivity (Wildman–Crippen MR) is 69.2 cm³/mol. The minimum Gasteiger partial charge on any atom is -0.483 e. The molecule has 0 fully saturated rings. The van der Waals surface area contributed by atoms with Gasteiger partial charge in [-0.2, -0.15) is 0 Å². The molecule has 0 heterocycles. The van der Waals surface area contributed by atoms with Crippen molar-refractivity contribution in [1.82, 2.24) is 4.90 Å². The number of benzene rings is 1. The van der Waals surface area contributed by atoms with Gasteiger partial charge in [-0.05, 0) is 32.0 Å². The van der Waals surface area contributed by atoms with Crippen LogP contribution in [0.1, 0.15) is 19.4 Å². The second-order valence-electron chi connectivity index (χ2n) is 4.02. The highest BCUT2D eigenvalue weighted by molar-refractivity contribution is 6.00. The maximum atomic E-state index is 13.2. The molecule has 1 aromatic carbocycles. The monoisotopic (exact) mass is 268 g/mol. The van der Waals surface area contributed by atoms with Crippen LogP contribution in [0.5, 0.6) is 5.75 Å². The Balaban J connectivity index is 2.87. The van der Waals surface area contributed by atoms with Crippen molar-refractivity contribution in [2.75, 3.05) is 20.2 Å². The van der Waals surface area contributed by atoms with E-state index in [0.29, 0.717) is 17.9 Å². The lowest BCUT2D eigenvalue weighted by Crippen LogP contribution is -2.31. The van der Waals surface area contributed by atoms with Gasteiger partial charge in [0, 0.05) is 19.2 Å². The molecule has 0 aromatic heterocycles. The van der Waals surface area contributed by atoms with E-state index in [1.54, 1.807) is 7.05 Å². The van der Waals surface area contributed by atoms with Gasteiger partial charge in [0.15, 0.2) is 6.61 Å². The summed E-state index contributed by atoms with van der Waals surface area (Å²) in [5, 5.41) is 11.8. The van der Waals surface area contributed by atoms with Crippen LogP contribution >= 0.6 is 0 Å². The molecule has 1 aromatic rings. The Bertz CT molecular complexity index is 489. The van der Waals surface area contributed by atoms with Gasteiger partial charge in [-0.15, -0.1) is 0 Å². The number of hydrogen-bond acceptors (Lipinski definition) is 4. The van der Waals surface area contributed by atoms with Crippen LogP contribution in [-0.4, -0.2) is 41.9 Å². The van der Waals surface area contributed by atoms with Crippen molar-refractivity contribution in [3.05, 3.63) is 29.6 Å². The van der Waals surface area contributed by atoms with E-state index in [4.69, 9.17) is 9.94 Å². The zero-order valence-electron chi connectivity index (χ0n) is 11.2. The van der Waals surface area contributed by atoms with Gasteiger partial charge in [-0.25, -0.2) is 4.39 Å². The summed E-state index contributed by atoms with van der Waals surface area (Å²) in [6.07, 6.45) is 0. The molecule has 104 valence electrons. The average Bonchev–Trinajstić information content (AvgIpc) is 2.43. The molecule has 0 saturated carbocycles. The fraction of sp³-hybridized carbons (Fsp3) is 0.385. The van der Waals surface area contributed by atoms with E-state index < -0.39 is 5.82 Å². The number of halogens is 1. The van der Waals surface area contributed by atoms with Crippen LogP contribution in [0.4, 0.5) is 4.39 Å². The van der Waals surface area contributed by atoms with Gasteiger partial charge >= 0.3 is 0 Å². The summed E-state index contributed by atoms with van der Waals surface area (Å²) < 4.78 is 18.5. The second kappa shape index (κ2) is 6.72. The van der Waals surface area contributed by atoms with Crippen molar-refractivity contribution >= 4 is 11.6 Å². The van der Waals surface area contributed by atoms with Crippen molar-refractivity contribution in [2.45, 2.75) is 13.8 Å². The lowest BCUT2D eigenvalue weighted by Gasteiger charge is -2.16. The SMILES string of the molecule is CCN(C)C(=O)COc1ccc(F)cc1C(C)=NO. The highest BCUT2D eigenvalue weighted by atomic mass is 19.1. The number of carbonyl (C=O) groups is 1. The minimum atomic E-state index is -0.470. The standard InChI is InChI=1S/C13H17FN2O3/c1-4-16(3)13(17)8-19-12-6-5-10(14)7-11(12)9(2)15-18/h5-7,18H,4,8H2,1-3H3. The third-order valence-electron chi connectivity index (χ3n) is 2.73. The number of likely N-dealkylation sites (N-methyl/N-ethyl adjacent to an activating group) is 1. The number of nitrogens with zero attached hydrogens (tertiary/aromatic N) is 2. The Morgan fingerprint density at radius 3 is 2.79 bits per heavy atom. The fourth-order valence-corrected chi connectivity index (χ4v) is 1.39. The lowest BCUT2D eigenvalue weighted by atomic mass is 10.1. The van der Waals surface area contributed by atoms with Crippen molar-refractivity contribution in [2.24, 2.45) is 5.16 Å². The highest BCUT2D eigenvalue weighted by Crippen LogP contribution is 2.20. The van der Waals surface area contributed by atoms with Gasteiger partial charge < -0.3 is 14.8 Å². The van der Waals surface area contributed by atoms with Crippen molar-refractivity contribution < 1.29 is 19.1 Å². The van der Waals surface area contributed by atoms with Crippen molar-refractivity contribution in [3.63, 3.8) is 0 Å². The molecule has 1 N–H and O–H groups in total. The van der Waals surface area contributed by atoms with Gasteiger partial charge in [0.25, 0.3) is 5.91 Å². The first-order valence-electron chi connectivity index (χ1n) is 5.85. The fourth-order valence-electron chi connectivity index (χ4n) is 1.39. The topological polar surface area (TPSA) is 62.1 Å². The maximum Gasteiger partial charge on any atom is 0.260 e. The molecule has 6 heteroatoms. The summed E-state index contributed by atoms with van der Waals surface area (Å²) in [7, 11) is 1.66. The Labute approximate surface area is 111 Å². The summed E-state index contributed by atoms with van der Waals surface area (Å²) in [5.41, 5.74) is 0.528. The predicted octanol–water partition coefficient (Wildman–Crippen LogP) is 1.88. The summed E-state index contributed by atoms with van der Waals surface area (Å²) in [6.45, 7) is 3.79. The molecular weight excluding hydrogens is 251 g/mol. The number of amides is 1. The molecule has 1 rings (SSSR count). The third-order valence-corrected chi connectivity index (χ3v) is 2.73. The number of rotatable bonds is 5. The van der Waals surface area contributed by atoms with E-state index in [9.17, 15) is 9.18 Å². The van der Waals surface area contributed by atoms with Crippen LogP contribution < -0.4 is 4.74 Å². The third kappa shape index (κ3) is 3.94. The molecule has 19 heavy (non-hydrogen) atoms. The van der Waals surface area contributed by atoms with Crippen LogP contribution in [0.25, 0.3) is 0 Å². The summed E-state index contributed by atoms with van der Waals surface area (Å²) >= 11 is 0. The maximum absolute atomic E-state index is 13.2. The zero-order valence-corrected chi connectivity index (χ0v) is 11.2. The molecular formula is C13H17FN2O3. The number of carbonyl (C=O) groups excluding carboxylic acids is 1. The zero-order chi connectivity index (χ0) is 14.4. The van der Waals surface area contributed by atoms with E-state index >= 15 is 0 Å². The molecule has 0 radical (unpaired) electrons. The Hall–Kier alpha value is -2.11. The van der Waals surface area contributed by atoms with Gasteiger partial charge in [-0.3, -0.25) is 4.79 Å². The molecule has 0 unspecified atom stereocenters. The Kier molecular flexibility index (Phi) is 5.29. The summed E-state index contributed by atoms with van der Waals surface area (Å²) in [6, 6.07) is 3.81. The lowest BCUT2D eigenvalue weighted by molar-refractivity contribution is -0.131. The average molecular weight is 268 g/mol. The van der Waals surface area contributed by atoms with E-state index in [0.717, 1.165) is 0 Å². The van der Waals surface area contributed by atoms with Gasteiger partial charge in [0.05, 0.1) is 5.71 Å². The molecule has 5 nitrogen and oxygen atoms in total. The smallest absolute Gasteiger partial charge is 0.260 e. The first kappa shape index (κ1) is 14.9. The van der Waals surface area contributed by atoms with Gasteiger partial charge in [-0.1, -0.05) is 5.16 Å². The largest absolute Gasteiger partial charge is 0.483 e. The molecule has 0 saturated heterocycles. The Morgan fingerprint density at radius 2 is 2.21 bits per heavy atom. The molecule has 0 bridgehead atoms. The van der Waals surface area contributed by atoms with E-state index in [2.05, 4.69) is 5.16 Å². The van der Waals surface area contributed by atoms with Crippen LogP contribution in [0.15, 0.2) is 23.4 Å². The Morgan fingerprint density at radius 1 is 1.53 bits per heavy atom.